The number of nitrogens with one attached hydrogen (secondary N) is 1. The van der Waals surface area contributed by atoms with E-state index in [-0.39, 0.29) is 6.10 Å². The molecule has 1 heterocycles. The third-order valence-electron chi connectivity index (χ3n) is 3.76. The fourth-order valence-electron chi connectivity index (χ4n) is 2.54. The van der Waals surface area contributed by atoms with Gasteiger partial charge in [-0.3, -0.25) is 0 Å². The Morgan fingerprint density at radius 2 is 2.05 bits per heavy atom. The van der Waals surface area contributed by atoms with E-state index in [1.807, 2.05) is 0 Å². The van der Waals surface area contributed by atoms with E-state index in [2.05, 4.69) is 44.3 Å². The van der Waals surface area contributed by atoms with Crippen molar-refractivity contribution in [2.75, 3.05) is 19.7 Å². The lowest BCUT2D eigenvalue weighted by Crippen LogP contribution is -2.28. The fourth-order valence-corrected chi connectivity index (χ4v) is 2.54. The van der Waals surface area contributed by atoms with Gasteiger partial charge in [0.2, 0.25) is 0 Å². The van der Waals surface area contributed by atoms with Crippen LogP contribution >= 0.6 is 0 Å². The largest absolute Gasteiger partial charge is 0.491 e. The first-order valence-electron chi connectivity index (χ1n) is 7.75. The Bertz CT molecular complexity index is 419. The van der Waals surface area contributed by atoms with E-state index in [1.54, 1.807) is 0 Å². The quantitative estimate of drug-likeness (QED) is 0.776. The van der Waals surface area contributed by atoms with Gasteiger partial charge in [0, 0.05) is 6.54 Å². The average molecular weight is 277 g/mol. The topological polar surface area (TPSA) is 30.5 Å². The number of benzene rings is 1. The molecule has 0 saturated carbocycles. The normalized spacial score (nSPS) is 22.1. The van der Waals surface area contributed by atoms with Crippen molar-refractivity contribution in [2.24, 2.45) is 0 Å². The summed E-state index contributed by atoms with van der Waals surface area (Å²) in [6.45, 7) is 9.06. The minimum absolute atomic E-state index is 0.239. The van der Waals surface area contributed by atoms with Gasteiger partial charge in [-0.1, -0.05) is 19.1 Å². The van der Waals surface area contributed by atoms with Gasteiger partial charge in [-0.15, -0.1) is 0 Å². The molecule has 1 fully saturated rings. The molecule has 3 heteroatoms. The maximum Gasteiger partial charge on any atom is 0.122 e. The number of hydrogen-bond donors (Lipinski definition) is 1. The summed E-state index contributed by atoms with van der Waals surface area (Å²) < 4.78 is 11.9. The van der Waals surface area contributed by atoms with Gasteiger partial charge < -0.3 is 14.8 Å². The van der Waals surface area contributed by atoms with Crippen molar-refractivity contribution in [3.8, 4) is 5.75 Å². The van der Waals surface area contributed by atoms with Crippen LogP contribution in [-0.4, -0.2) is 31.9 Å². The molecule has 0 amide bonds. The van der Waals surface area contributed by atoms with Gasteiger partial charge in [0.15, 0.2) is 0 Å². The summed E-state index contributed by atoms with van der Waals surface area (Å²) in [6.07, 6.45) is 4.00. The lowest BCUT2D eigenvalue weighted by molar-refractivity contribution is 0.0185. The van der Waals surface area contributed by atoms with Crippen LogP contribution in [0.2, 0.25) is 0 Å². The lowest BCUT2D eigenvalue weighted by Gasteiger charge is -2.16. The Kier molecular flexibility index (Phi) is 5.86. The summed E-state index contributed by atoms with van der Waals surface area (Å²) in [4.78, 5) is 0. The van der Waals surface area contributed by atoms with Crippen molar-refractivity contribution in [2.45, 2.75) is 52.2 Å². The van der Waals surface area contributed by atoms with Gasteiger partial charge in [0.05, 0.1) is 12.2 Å². The Hall–Kier alpha value is -1.06. The van der Waals surface area contributed by atoms with Gasteiger partial charge >= 0.3 is 0 Å². The van der Waals surface area contributed by atoms with Crippen molar-refractivity contribution < 1.29 is 9.47 Å². The van der Waals surface area contributed by atoms with Crippen molar-refractivity contribution in [1.82, 2.24) is 5.32 Å². The summed E-state index contributed by atoms with van der Waals surface area (Å²) in [5.74, 6) is 0.987. The predicted molar refractivity (Wildman–Crippen MR) is 82.5 cm³/mol. The van der Waals surface area contributed by atoms with E-state index < -0.39 is 0 Å². The Balaban J connectivity index is 1.74. The van der Waals surface area contributed by atoms with E-state index in [1.165, 1.54) is 17.5 Å². The van der Waals surface area contributed by atoms with Crippen LogP contribution in [-0.2, 0) is 4.74 Å². The molecule has 1 N–H and O–H groups in total. The zero-order valence-corrected chi connectivity index (χ0v) is 12.9. The molecule has 0 spiro atoms. The van der Waals surface area contributed by atoms with Crippen LogP contribution in [0.3, 0.4) is 0 Å². The number of rotatable bonds is 7. The van der Waals surface area contributed by atoms with Crippen LogP contribution in [0.25, 0.3) is 0 Å². The summed E-state index contributed by atoms with van der Waals surface area (Å²) in [5.41, 5.74) is 2.43. The molecule has 0 aliphatic carbocycles. The molecule has 1 aliphatic heterocycles. The fraction of sp³-hybridized carbons (Fsp3) is 0.647. The highest BCUT2D eigenvalue weighted by Gasteiger charge is 2.25. The highest BCUT2D eigenvalue weighted by molar-refractivity contribution is 5.35. The second-order valence-corrected chi connectivity index (χ2v) is 5.74. The third kappa shape index (κ3) is 4.50. The average Bonchev–Trinajstić information content (AvgIpc) is 2.88. The maximum atomic E-state index is 6.01. The first-order chi connectivity index (χ1) is 9.69. The third-order valence-corrected chi connectivity index (χ3v) is 3.76. The highest BCUT2D eigenvalue weighted by atomic mass is 16.5. The van der Waals surface area contributed by atoms with Gasteiger partial charge in [-0.25, -0.2) is 0 Å². The molecule has 2 atom stereocenters. The molecule has 20 heavy (non-hydrogen) atoms. The van der Waals surface area contributed by atoms with Crippen LogP contribution in [0.1, 0.15) is 37.3 Å². The second-order valence-electron chi connectivity index (χ2n) is 5.74. The molecule has 2 rings (SSSR count). The molecular formula is C17H27NO2. The summed E-state index contributed by atoms with van der Waals surface area (Å²) in [7, 11) is 0. The Labute approximate surface area is 122 Å². The van der Waals surface area contributed by atoms with E-state index >= 15 is 0 Å². The monoisotopic (exact) mass is 277 g/mol. The molecular weight excluding hydrogens is 250 g/mol. The first kappa shape index (κ1) is 15.3. The second kappa shape index (κ2) is 7.65. The van der Waals surface area contributed by atoms with Gasteiger partial charge in [-0.2, -0.15) is 0 Å². The van der Waals surface area contributed by atoms with Gasteiger partial charge in [-0.05, 0) is 56.8 Å². The molecule has 0 bridgehead atoms. The number of ether oxygens (including phenoxy) is 2. The summed E-state index contributed by atoms with van der Waals surface area (Å²) in [5, 5.41) is 3.42. The first-order valence-corrected chi connectivity index (χ1v) is 7.75. The van der Waals surface area contributed by atoms with Crippen LogP contribution in [0.4, 0.5) is 0 Å². The Morgan fingerprint density at radius 1 is 1.25 bits per heavy atom. The molecule has 3 nitrogen and oxygen atoms in total. The molecule has 1 aromatic carbocycles. The molecule has 1 saturated heterocycles. The van der Waals surface area contributed by atoms with Crippen LogP contribution in [0.15, 0.2) is 18.2 Å². The zero-order valence-electron chi connectivity index (χ0n) is 12.9. The minimum atomic E-state index is 0.239. The van der Waals surface area contributed by atoms with E-state index in [4.69, 9.17) is 9.47 Å². The predicted octanol–water partition coefficient (Wildman–Crippen LogP) is 3.23. The lowest BCUT2D eigenvalue weighted by atomic mass is 10.1. The van der Waals surface area contributed by atoms with Crippen LogP contribution in [0, 0.1) is 13.8 Å². The van der Waals surface area contributed by atoms with Crippen LogP contribution in [0.5, 0.6) is 5.75 Å². The summed E-state index contributed by atoms with van der Waals surface area (Å²) >= 11 is 0. The molecule has 2 unspecified atom stereocenters. The van der Waals surface area contributed by atoms with E-state index in [0.29, 0.717) is 12.7 Å². The number of hydrogen-bond acceptors (Lipinski definition) is 3. The standard InChI is InChI=1S/C17H27NO2/c1-4-9-18-11-15-7-8-16(20-15)12-19-17-10-13(2)5-6-14(17)3/h5-6,10,15-16,18H,4,7-9,11-12H2,1-3H3. The smallest absolute Gasteiger partial charge is 0.122 e. The van der Waals surface area contributed by atoms with Crippen molar-refractivity contribution >= 4 is 0 Å². The summed E-state index contributed by atoms with van der Waals surface area (Å²) in [6, 6.07) is 6.33. The SMILES string of the molecule is CCCNCC1CCC(COc2cc(C)ccc2C)O1. The number of aryl methyl sites for hydroxylation is 2. The minimum Gasteiger partial charge on any atom is -0.491 e. The zero-order chi connectivity index (χ0) is 14.4. The van der Waals surface area contributed by atoms with E-state index in [0.717, 1.165) is 31.7 Å². The highest BCUT2D eigenvalue weighted by Crippen LogP contribution is 2.23. The molecule has 112 valence electrons. The van der Waals surface area contributed by atoms with E-state index in [9.17, 15) is 0 Å². The molecule has 0 radical (unpaired) electrons. The van der Waals surface area contributed by atoms with Crippen molar-refractivity contribution in [1.29, 1.82) is 0 Å². The molecule has 1 aliphatic rings. The van der Waals surface area contributed by atoms with Crippen molar-refractivity contribution in [3.05, 3.63) is 29.3 Å². The molecule has 0 aromatic heterocycles. The van der Waals surface area contributed by atoms with Gasteiger partial charge in [0.25, 0.3) is 0 Å². The Morgan fingerprint density at radius 3 is 2.85 bits per heavy atom. The van der Waals surface area contributed by atoms with Crippen LogP contribution < -0.4 is 10.1 Å². The maximum absolute atomic E-state index is 6.01. The van der Waals surface area contributed by atoms with Crippen molar-refractivity contribution in [3.63, 3.8) is 0 Å². The molecule has 1 aromatic rings. The van der Waals surface area contributed by atoms with Gasteiger partial charge in [0.1, 0.15) is 12.4 Å².